The number of rotatable bonds is 6. The highest BCUT2D eigenvalue weighted by atomic mass is 16.7. The summed E-state index contributed by atoms with van der Waals surface area (Å²) in [5.41, 5.74) is 0. The topological polar surface area (TPSA) is 140 Å². The van der Waals surface area contributed by atoms with Gasteiger partial charge in [0.25, 0.3) is 0 Å². The van der Waals surface area contributed by atoms with Gasteiger partial charge in [-0.05, 0) is 0 Å². The Morgan fingerprint density at radius 1 is 1.29 bits per heavy atom. The Labute approximate surface area is 97.6 Å². The number of hydrogen-bond acceptors (Lipinski definition) is 8. The first-order valence-electron chi connectivity index (χ1n) is 5.18. The Morgan fingerprint density at radius 2 is 1.94 bits per heavy atom. The third-order valence-electron chi connectivity index (χ3n) is 2.56. The van der Waals surface area contributed by atoms with E-state index in [1.54, 1.807) is 0 Å². The van der Waals surface area contributed by atoms with Gasteiger partial charge >= 0.3 is 0 Å². The van der Waals surface area contributed by atoms with Crippen molar-refractivity contribution < 1.29 is 40.1 Å². The summed E-state index contributed by atoms with van der Waals surface area (Å²) < 4.78 is 9.78. The average Bonchev–Trinajstić information content (AvgIpc) is 2.63. The summed E-state index contributed by atoms with van der Waals surface area (Å²) in [5, 5.41) is 55.1. The first-order valence-corrected chi connectivity index (χ1v) is 5.18. The Bertz CT molecular complexity index is 237. The number of hydrogen-bond donors (Lipinski definition) is 6. The molecule has 0 aromatic carbocycles. The molecule has 102 valence electrons. The van der Waals surface area contributed by atoms with Crippen molar-refractivity contribution in [2.45, 2.75) is 30.2 Å². The largest absolute Gasteiger partial charge is 0.394 e. The van der Waals surface area contributed by atoms with Gasteiger partial charge in [-0.2, -0.15) is 0 Å². The zero-order valence-electron chi connectivity index (χ0n) is 9.14. The summed E-state index contributed by atoms with van der Waals surface area (Å²) in [6, 6.07) is 0. The molecule has 0 aromatic heterocycles. The van der Waals surface area contributed by atoms with Crippen LogP contribution < -0.4 is 0 Å². The van der Waals surface area contributed by atoms with E-state index in [1.165, 1.54) is 0 Å². The fourth-order valence-corrected chi connectivity index (χ4v) is 1.49. The zero-order chi connectivity index (χ0) is 13.1. The van der Waals surface area contributed by atoms with E-state index in [0.29, 0.717) is 0 Å². The summed E-state index contributed by atoms with van der Waals surface area (Å²) in [5.74, 6) is -2.07. The number of aliphatic hydroxyl groups is 6. The van der Waals surface area contributed by atoms with Gasteiger partial charge in [0.2, 0.25) is 5.79 Å². The van der Waals surface area contributed by atoms with Gasteiger partial charge in [0.15, 0.2) is 0 Å². The van der Waals surface area contributed by atoms with Crippen molar-refractivity contribution in [1.29, 1.82) is 0 Å². The van der Waals surface area contributed by atoms with Crippen LogP contribution in [-0.4, -0.2) is 87.3 Å². The van der Waals surface area contributed by atoms with Crippen LogP contribution in [0.1, 0.15) is 0 Å². The van der Waals surface area contributed by atoms with E-state index in [-0.39, 0.29) is 0 Å². The van der Waals surface area contributed by atoms with Crippen LogP contribution in [0.25, 0.3) is 0 Å². The lowest BCUT2D eigenvalue weighted by Crippen LogP contribution is -2.50. The van der Waals surface area contributed by atoms with Crippen molar-refractivity contribution in [1.82, 2.24) is 0 Å². The lowest BCUT2D eigenvalue weighted by atomic mass is 10.0. The molecule has 0 bridgehead atoms. The third-order valence-corrected chi connectivity index (χ3v) is 2.56. The highest BCUT2D eigenvalue weighted by molar-refractivity contribution is 4.94. The number of aliphatic hydroxyl groups excluding tert-OH is 5. The second-order valence-electron chi connectivity index (χ2n) is 3.96. The fourth-order valence-electron chi connectivity index (χ4n) is 1.49. The minimum Gasteiger partial charge on any atom is -0.394 e. The van der Waals surface area contributed by atoms with E-state index in [4.69, 9.17) is 24.8 Å². The second kappa shape index (κ2) is 6.03. The molecule has 0 saturated carbocycles. The van der Waals surface area contributed by atoms with Crippen molar-refractivity contribution in [2.75, 3.05) is 26.4 Å². The quantitative estimate of drug-likeness (QED) is 0.265. The molecule has 17 heavy (non-hydrogen) atoms. The summed E-state index contributed by atoms with van der Waals surface area (Å²) in [6.45, 7) is -1.98. The van der Waals surface area contributed by atoms with Crippen LogP contribution in [0.4, 0.5) is 0 Å². The molecule has 8 heteroatoms. The van der Waals surface area contributed by atoms with Crippen LogP contribution in [0, 0.1) is 0 Å². The number of ether oxygens (including phenoxy) is 2. The van der Waals surface area contributed by atoms with Crippen molar-refractivity contribution in [3.8, 4) is 0 Å². The van der Waals surface area contributed by atoms with Gasteiger partial charge in [0, 0.05) is 0 Å². The van der Waals surface area contributed by atoms with Crippen LogP contribution in [-0.2, 0) is 9.47 Å². The van der Waals surface area contributed by atoms with Crippen LogP contribution >= 0.6 is 0 Å². The van der Waals surface area contributed by atoms with Gasteiger partial charge in [0.05, 0.1) is 19.8 Å². The van der Waals surface area contributed by atoms with Gasteiger partial charge in [-0.1, -0.05) is 0 Å². The van der Waals surface area contributed by atoms with Gasteiger partial charge < -0.3 is 40.1 Å². The van der Waals surface area contributed by atoms with Crippen molar-refractivity contribution in [2.24, 2.45) is 0 Å². The molecule has 0 radical (unpaired) electrons. The van der Waals surface area contributed by atoms with E-state index in [0.717, 1.165) is 0 Å². The molecule has 0 aliphatic carbocycles. The monoisotopic (exact) mass is 254 g/mol. The predicted octanol–water partition coefficient (Wildman–Crippen LogP) is -3.84. The average molecular weight is 254 g/mol. The maximum Gasteiger partial charge on any atom is 0.219 e. The molecule has 1 unspecified atom stereocenters. The fraction of sp³-hybridized carbons (Fsp3) is 1.00. The molecule has 5 atom stereocenters. The molecule has 0 spiro atoms. The van der Waals surface area contributed by atoms with E-state index in [9.17, 15) is 15.3 Å². The molecule has 0 amide bonds. The van der Waals surface area contributed by atoms with Crippen LogP contribution in [0.2, 0.25) is 0 Å². The Kier molecular flexibility index (Phi) is 5.22. The highest BCUT2D eigenvalue weighted by Gasteiger charge is 2.51. The summed E-state index contributed by atoms with van der Waals surface area (Å²) in [4.78, 5) is 0. The molecule has 1 aliphatic rings. The maximum absolute atomic E-state index is 9.84. The minimum absolute atomic E-state index is 0.393. The Balaban J connectivity index is 2.54. The molecule has 8 nitrogen and oxygen atoms in total. The van der Waals surface area contributed by atoms with E-state index in [1.807, 2.05) is 0 Å². The molecule has 1 heterocycles. The normalized spacial score (nSPS) is 37.1. The van der Waals surface area contributed by atoms with Crippen molar-refractivity contribution in [3.63, 3.8) is 0 Å². The van der Waals surface area contributed by atoms with Crippen LogP contribution in [0.5, 0.6) is 0 Å². The molecule has 1 aliphatic heterocycles. The molecule has 1 rings (SSSR count). The highest BCUT2D eigenvalue weighted by Crippen LogP contribution is 2.28. The smallest absolute Gasteiger partial charge is 0.219 e. The first-order chi connectivity index (χ1) is 7.94. The Hall–Kier alpha value is -0.320. The van der Waals surface area contributed by atoms with E-state index in [2.05, 4.69) is 0 Å². The summed E-state index contributed by atoms with van der Waals surface area (Å²) >= 11 is 0. The lowest BCUT2D eigenvalue weighted by Gasteiger charge is -2.28. The van der Waals surface area contributed by atoms with Crippen LogP contribution in [0.15, 0.2) is 0 Å². The van der Waals surface area contributed by atoms with E-state index < -0.39 is 56.6 Å². The SMILES string of the molecule is OCC(O)CO[C@@]1(O)CO[C@@H]([C@H](O)CO)[C@@H]1O. The standard InChI is InChI=1S/C9H18O8/c10-1-5(12)3-17-9(15)4-16-7(8(9)14)6(13)2-11/h5-8,10-15H,1-4H2/t5?,6-,7+,8+,9+/m1/s1. The van der Waals surface area contributed by atoms with Gasteiger partial charge in [-0.25, -0.2) is 0 Å². The first kappa shape index (κ1) is 14.7. The molecule has 6 N–H and O–H groups in total. The van der Waals surface area contributed by atoms with Crippen molar-refractivity contribution in [3.05, 3.63) is 0 Å². The zero-order valence-corrected chi connectivity index (χ0v) is 9.14. The minimum atomic E-state index is -2.07. The molecule has 1 saturated heterocycles. The maximum atomic E-state index is 9.84. The summed E-state index contributed by atoms with van der Waals surface area (Å²) in [7, 11) is 0. The third kappa shape index (κ3) is 3.33. The lowest BCUT2D eigenvalue weighted by molar-refractivity contribution is -0.250. The van der Waals surface area contributed by atoms with Gasteiger partial charge in [-0.15, -0.1) is 0 Å². The van der Waals surface area contributed by atoms with Gasteiger partial charge in [0.1, 0.15) is 31.0 Å². The van der Waals surface area contributed by atoms with Crippen LogP contribution in [0.3, 0.4) is 0 Å². The molecule has 1 fully saturated rings. The molecular formula is C9H18O8. The predicted molar refractivity (Wildman–Crippen MR) is 52.8 cm³/mol. The summed E-state index contributed by atoms with van der Waals surface area (Å²) in [6.07, 6.45) is -5.26. The Morgan fingerprint density at radius 3 is 2.47 bits per heavy atom. The van der Waals surface area contributed by atoms with Gasteiger partial charge in [-0.3, -0.25) is 0 Å². The molecular weight excluding hydrogens is 236 g/mol. The van der Waals surface area contributed by atoms with Crippen molar-refractivity contribution >= 4 is 0 Å². The second-order valence-corrected chi connectivity index (χ2v) is 3.96. The van der Waals surface area contributed by atoms with E-state index >= 15 is 0 Å². The molecule has 0 aromatic rings.